The minimum absolute atomic E-state index is 0.721. The molecule has 0 saturated carbocycles. The molecule has 0 aliphatic carbocycles. The van der Waals surface area contributed by atoms with E-state index in [1.807, 2.05) is 6.07 Å². The van der Waals surface area contributed by atoms with Gasteiger partial charge in [0.25, 0.3) is 0 Å². The van der Waals surface area contributed by atoms with Gasteiger partial charge in [-0.1, -0.05) is 0 Å². The van der Waals surface area contributed by atoms with E-state index in [4.69, 9.17) is 4.74 Å². The number of likely N-dealkylation sites (N-methyl/N-ethyl adjacent to an activating group) is 1. The highest BCUT2D eigenvalue weighted by Crippen LogP contribution is 1.86. The number of nitrogens with one attached hydrogen (secondary N) is 1. The Bertz CT molecular complexity index is 268. The van der Waals surface area contributed by atoms with Crippen LogP contribution in [0.5, 0.6) is 0 Å². The minimum Gasteiger partial charge on any atom is -0.383 e. The van der Waals surface area contributed by atoms with E-state index in [9.17, 15) is 0 Å². The zero-order chi connectivity index (χ0) is 11.6. The van der Waals surface area contributed by atoms with Crippen LogP contribution in [0.2, 0.25) is 0 Å². The molecule has 1 heterocycles. The molecule has 1 aromatic heterocycles. The van der Waals surface area contributed by atoms with Crippen molar-refractivity contribution in [3.63, 3.8) is 0 Å². The van der Waals surface area contributed by atoms with Gasteiger partial charge in [-0.25, -0.2) is 9.97 Å². The third kappa shape index (κ3) is 5.75. The van der Waals surface area contributed by atoms with Gasteiger partial charge in [-0.15, -0.1) is 0 Å². The zero-order valence-electron chi connectivity index (χ0n) is 10.0. The van der Waals surface area contributed by atoms with Crippen molar-refractivity contribution in [2.45, 2.75) is 6.54 Å². The van der Waals surface area contributed by atoms with Crippen molar-refractivity contribution in [2.75, 3.05) is 40.4 Å². The van der Waals surface area contributed by atoms with Crippen LogP contribution in [0.15, 0.2) is 18.5 Å². The Morgan fingerprint density at radius 1 is 1.31 bits per heavy atom. The fraction of sp³-hybridized carbons (Fsp3) is 0.636. The summed E-state index contributed by atoms with van der Waals surface area (Å²) in [5.41, 5.74) is 0. The average Bonchev–Trinajstić information content (AvgIpc) is 2.33. The molecule has 16 heavy (non-hydrogen) atoms. The molecule has 0 amide bonds. The third-order valence-corrected chi connectivity index (χ3v) is 2.25. The lowest BCUT2D eigenvalue weighted by Gasteiger charge is -2.15. The van der Waals surface area contributed by atoms with Crippen molar-refractivity contribution in [1.29, 1.82) is 0 Å². The maximum Gasteiger partial charge on any atom is 0.141 e. The van der Waals surface area contributed by atoms with Crippen molar-refractivity contribution in [2.24, 2.45) is 0 Å². The van der Waals surface area contributed by atoms with Crippen LogP contribution in [0.1, 0.15) is 5.82 Å². The van der Waals surface area contributed by atoms with Gasteiger partial charge in [-0.05, 0) is 13.1 Å². The first-order valence-corrected chi connectivity index (χ1v) is 5.47. The molecule has 0 aromatic carbocycles. The van der Waals surface area contributed by atoms with Gasteiger partial charge < -0.3 is 15.0 Å². The maximum atomic E-state index is 5.01. The molecule has 0 aliphatic heterocycles. The predicted molar refractivity (Wildman–Crippen MR) is 63.1 cm³/mol. The van der Waals surface area contributed by atoms with E-state index in [1.54, 1.807) is 19.5 Å². The summed E-state index contributed by atoms with van der Waals surface area (Å²) in [6, 6.07) is 1.82. The Hall–Kier alpha value is -1.04. The lowest BCUT2D eigenvalue weighted by Crippen LogP contribution is -2.31. The Morgan fingerprint density at radius 2 is 2.06 bits per heavy atom. The standard InChI is InChI=1S/C11H20N4O/c1-15(8-9-16-2)7-6-12-10-11-13-4-3-5-14-11/h3-5,12H,6-10H2,1-2H3. The number of nitrogens with zero attached hydrogens (tertiary/aromatic N) is 3. The van der Waals surface area contributed by atoms with Gasteiger partial charge >= 0.3 is 0 Å². The van der Waals surface area contributed by atoms with Crippen LogP contribution >= 0.6 is 0 Å². The molecule has 0 radical (unpaired) electrons. The van der Waals surface area contributed by atoms with Crippen LogP contribution in [0, 0.1) is 0 Å². The summed E-state index contributed by atoms with van der Waals surface area (Å²) in [6.45, 7) is 4.38. The SMILES string of the molecule is COCCN(C)CCNCc1ncccn1. The molecule has 0 atom stereocenters. The van der Waals surface area contributed by atoms with Gasteiger partial charge in [0.15, 0.2) is 0 Å². The van der Waals surface area contributed by atoms with E-state index >= 15 is 0 Å². The molecule has 0 spiro atoms. The first-order valence-electron chi connectivity index (χ1n) is 5.47. The zero-order valence-corrected chi connectivity index (χ0v) is 10.0. The molecule has 5 heteroatoms. The van der Waals surface area contributed by atoms with Crippen LogP contribution in [-0.2, 0) is 11.3 Å². The first kappa shape index (κ1) is 13.0. The van der Waals surface area contributed by atoms with Crippen molar-refractivity contribution in [3.05, 3.63) is 24.3 Å². The largest absolute Gasteiger partial charge is 0.383 e. The van der Waals surface area contributed by atoms with E-state index in [1.165, 1.54) is 0 Å². The molecule has 1 N–H and O–H groups in total. The van der Waals surface area contributed by atoms with Crippen molar-refractivity contribution >= 4 is 0 Å². The van der Waals surface area contributed by atoms with E-state index < -0.39 is 0 Å². The van der Waals surface area contributed by atoms with Crippen LogP contribution in [0.25, 0.3) is 0 Å². The summed E-state index contributed by atoms with van der Waals surface area (Å²) in [5.74, 6) is 0.835. The molecule has 0 fully saturated rings. The van der Waals surface area contributed by atoms with E-state index in [-0.39, 0.29) is 0 Å². The van der Waals surface area contributed by atoms with Crippen LogP contribution in [-0.4, -0.2) is 55.3 Å². The lowest BCUT2D eigenvalue weighted by atomic mass is 10.5. The number of ether oxygens (including phenoxy) is 1. The topological polar surface area (TPSA) is 50.3 Å². The molecular formula is C11H20N4O. The van der Waals surface area contributed by atoms with E-state index in [0.29, 0.717) is 0 Å². The van der Waals surface area contributed by atoms with Crippen molar-refractivity contribution in [1.82, 2.24) is 20.2 Å². The van der Waals surface area contributed by atoms with Gasteiger partial charge in [0.2, 0.25) is 0 Å². The van der Waals surface area contributed by atoms with Crippen LogP contribution in [0.3, 0.4) is 0 Å². The lowest BCUT2D eigenvalue weighted by molar-refractivity contribution is 0.161. The fourth-order valence-corrected chi connectivity index (χ4v) is 1.25. The third-order valence-electron chi connectivity index (χ3n) is 2.25. The Labute approximate surface area is 96.8 Å². The molecule has 1 aromatic rings. The highest BCUT2D eigenvalue weighted by atomic mass is 16.5. The predicted octanol–water partition coefficient (Wildman–Crippen LogP) is 0.144. The van der Waals surface area contributed by atoms with E-state index in [2.05, 4.69) is 27.2 Å². The molecule has 0 aliphatic rings. The van der Waals surface area contributed by atoms with Crippen molar-refractivity contribution < 1.29 is 4.74 Å². The molecule has 90 valence electrons. The number of hydrogen-bond donors (Lipinski definition) is 1. The number of methoxy groups -OCH3 is 1. The Balaban J connectivity index is 2.03. The highest BCUT2D eigenvalue weighted by molar-refractivity contribution is 4.87. The van der Waals surface area contributed by atoms with Crippen molar-refractivity contribution in [3.8, 4) is 0 Å². The van der Waals surface area contributed by atoms with Crippen LogP contribution in [0.4, 0.5) is 0 Å². The Kier molecular flexibility index (Phi) is 6.64. The van der Waals surface area contributed by atoms with Crippen LogP contribution < -0.4 is 5.32 Å². The number of aromatic nitrogens is 2. The molecule has 0 bridgehead atoms. The normalized spacial score (nSPS) is 10.9. The molecule has 0 unspecified atom stereocenters. The summed E-state index contributed by atoms with van der Waals surface area (Å²) in [4.78, 5) is 10.5. The monoisotopic (exact) mass is 224 g/mol. The summed E-state index contributed by atoms with van der Waals surface area (Å²) in [6.07, 6.45) is 3.52. The number of hydrogen-bond acceptors (Lipinski definition) is 5. The summed E-state index contributed by atoms with van der Waals surface area (Å²) >= 11 is 0. The smallest absolute Gasteiger partial charge is 0.141 e. The quantitative estimate of drug-likeness (QED) is 0.637. The van der Waals surface area contributed by atoms with Gasteiger partial charge in [0.1, 0.15) is 5.82 Å². The Morgan fingerprint density at radius 3 is 2.75 bits per heavy atom. The second-order valence-corrected chi connectivity index (χ2v) is 3.64. The molecule has 0 saturated heterocycles. The van der Waals surface area contributed by atoms with Gasteiger partial charge in [0, 0.05) is 39.1 Å². The van der Waals surface area contributed by atoms with Gasteiger partial charge in [-0.3, -0.25) is 0 Å². The van der Waals surface area contributed by atoms with E-state index in [0.717, 1.165) is 38.6 Å². The van der Waals surface area contributed by atoms with Gasteiger partial charge in [-0.2, -0.15) is 0 Å². The average molecular weight is 224 g/mol. The fourth-order valence-electron chi connectivity index (χ4n) is 1.25. The summed E-state index contributed by atoms with van der Waals surface area (Å²) in [7, 11) is 3.80. The molecule has 5 nitrogen and oxygen atoms in total. The van der Waals surface area contributed by atoms with Gasteiger partial charge in [0.05, 0.1) is 13.2 Å². The first-order chi connectivity index (χ1) is 7.83. The number of rotatable bonds is 8. The second kappa shape index (κ2) is 8.15. The molecular weight excluding hydrogens is 204 g/mol. The molecule has 1 rings (SSSR count). The summed E-state index contributed by atoms with van der Waals surface area (Å²) < 4.78 is 5.01. The second-order valence-electron chi connectivity index (χ2n) is 3.64. The minimum atomic E-state index is 0.721. The maximum absolute atomic E-state index is 5.01. The highest BCUT2D eigenvalue weighted by Gasteiger charge is 1.98. The summed E-state index contributed by atoms with van der Waals surface area (Å²) in [5, 5.41) is 3.30.